The van der Waals surface area contributed by atoms with Gasteiger partial charge >= 0.3 is 5.97 Å². The predicted molar refractivity (Wildman–Crippen MR) is 65.2 cm³/mol. The molecule has 0 radical (unpaired) electrons. The molecule has 0 aliphatic carbocycles. The minimum absolute atomic E-state index is 0.141. The molecule has 0 bridgehead atoms. The highest BCUT2D eigenvalue weighted by atomic mass is 16.5. The first-order valence-electron chi connectivity index (χ1n) is 5.36. The summed E-state index contributed by atoms with van der Waals surface area (Å²) < 4.78 is 12.2. The van der Waals surface area contributed by atoms with Crippen molar-refractivity contribution < 1.29 is 19.4 Å². The molecule has 6 nitrogen and oxygen atoms in total. The Morgan fingerprint density at radius 1 is 1.33 bits per heavy atom. The van der Waals surface area contributed by atoms with E-state index in [-0.39, 0.29) is 6.42 Å². The Bertz CT molecular complexity index is 604. The molecule has 0 spiro atoms. The molecular weight excluding hydrogens is 237 g/mol. The first kappa shape index (κ1) is 12.2. The highest BCUT2D eigenvalue weighted by Gasteiger charge is 2.17. The van der Waals surface area contributed by atoms with Crippen molar-refractivity contribution in [3.63, 3.8) is 0 Å². The highest BCUT2D eigenvalue weighted by Crippen LogP contribution is 2.32. The number of carbonyl (C=O) groups is 1. The summed E-state index contributed by atoms with van der Waals surface area (Å²) in [5.74, 6) is 0.766. The molecule has 2 aromatic rings. The lowest BCUT2D eigenvalue weighted by atomic mass is 10.2. The summed E-state index contributed by atoms with van der Waals surface area (Å²) in [4.78, 5) is 15.1. The van der Waals surface area contributed by atoms with Crippen LogP contribution < -0.4 is 9.47 Å². The number of ether oxygens (including phenoxy) is 2. The number of aryl methyl sites for hydroxylation is 1. The van der Waals surface area contributed by atoms with Crippen LogP contribution in [-0.4, -0.2) is 34.8 Å². The quantitative estimate of drug-likeness (QED) is 0.827. The summed E-state index contributed by atoms with van der Waals surface area (Å²) in [6.07, 6.45) is -0.141. The molecule has 1 aromatic carbocycles. The fourth-order valence-corrected chi connectivity index (χ4v) is 1.93. The van der Waals surface area contributed by atoms with E-state index in [1.165, 1.54) is 0 Å². The molecule has 6 heteroatoms. The Hall–Kier alpha value is -2.24. The van der Waals surface area contributed by atoms with Gasteiger partial charge in [-0.1, -0.05) is 0 Å². The van der Waals surface area contributed by atoms with Crippen molar-refractivity contribution in [1.82, 2.24) is 9.55 Å². The summed E-state index contributed by atoms with van der Waals surface area (Å²) in [6.45, 7) is 0. The van der Waals surface area contributed by atoms with Gasteiger partial charge in [0.05, 0.1) is 14.2 Å². The molecule has 0 atom stereocenters. The molecule has 0 unspecified atom stereocenters. The van der Waals surface area contributed by atoms with Crippen molar-refractivity contribution in [2.45, 2.75) is 6.42 Å². The van der Waals surface area contributed by atoms with Crippen molar-refractivity contribution in [3.05, 3.63) is 18.0 Å². The molecule has 18 heavy (non-hydrogen) atoms. The number of carboxylic acid groups (broad SMARTS) is 1. The Labute approximate surface area is 104 Å². The smallest absolute Gasteiger partial charge is 0.311 e. The normalized spacial score (nSPS) is 10.6. The third kappa shape index (κ3) is 1.85. The highest BCUT2D eigenvalue weighted by molar-refractivity contribution is 5.88. The zero-order valence-corrected chi connectivity index (χ0v) is 10.4. The number of nitrogens with zero attached hydrogens (tertiary/aromatic N) is 2. The Kier molecular flexibility index (Phi) is 3.10. The van der Waals surface area contributed by atoms with E-state index in [9.17, 15) is 4.79 Å². The molecule has 0 fully saturated rings. The van der Waals surface area contributed by atoms with Crippen molar-refractivity contribution in [2.24, 2.45) is 7.05 Å². The van der Waals surface area contributed by atoms with Crippen molar-refractivity contribution in [1.29, 1.82) is 0 Å². The maximum atomic E-state index is 10.8. The Morgan fingerprint density at radius 2 is 1.94 bits per heavy atom. The molecule has 0 saturated heterocycles. The van der Waals surface area contributed by atoms with Crippen molar-refractivity contribution in [2.75, 3.05) is 14.2 Å². The molecule has 2 rings (SSSR count). The fraction of sp³-hybridized carbons (Fsp3) is 0.333. The van der Waals surface area contributed by atoms with E-state index in [0.717, 1.165) is 5.52 Å². The molecular formula is C12H14N2O4. The second-order valence-corrected chi connectivity index (χ2v) is 3.82. The zero-order chi connectivity index (χ0) is 13.3. The second-order valence-electron chi connectivity index (χ2n) is 3.82. The Balaban J connectivity index is 2.72. The van der Waals surface area contributed by atoms with E-state index in [2.05, 4.69) is 4.98 Å². The number of methoxy groups -OCH3 is 2. The molecule has 1 heterocycles. The van der Waals surface area contributed by atoms with Gasteiger partial charge in [-0.25, -0.2) is 4.98 Å². The monoisotopic (exact) mass is 251 g/mol. The summed E-state index contributed by atoms with van der Waals surface area (Å²) >= 11 is 0. The molecule has 0 aliphatic heterocycles. The van der Waals surface area contributed by atoms with Gasteiger partial charge in [0, 0.05) is 7.05 Å². The van der Waals surface area contributed by atoms with E-state index in [4.69, 9.17) is 14.6 Å². The number of imidazole rings is 1. The van der Waals surface area contributed by atoms with E-state index in [0.29, 0.717) is 22.8 Å². The standard InChI is InChI=1S/C12H14N2O4/c1-14-9(6-10(15)16)13-11-7(17-2)4-5-8(18-3)12(11)14/h4-5H,6H2,1-3H3,(H,15,16)/i10+1. The van der Waals surface area contributed by atoms with Crippen LogP contribution >= 0.6 is 0 Å². The summed E-state index contributed by atoms with van der Waals surface area (Å²) in [5, 5.41) is 8.85. The number of hydrogen-bond acceptors (Lipinski definition) is 4. The molecule has 1 N–H and O–H groups in total. The van der Waals surface area contributed by atoms with E-state index < -0.39 is 5.97 Å². The molecule has 0 saturated carbocycles. The number of benzene rings is 1. The first-order chi connectivity index (χ1) is 8.58. The summed E-state index contributed by atoms with van der Waals surface area (Å²) in [5.41, 5.74) is 1.34. The van der Waals surface area contributed by atoms with E-state index in [1.807, 2.05) is 0 Å². The number of aromatic nitrogens is 2. The van der Waals surface area contributed by atoms with Crippen LogP contribution in [0.4, 0.5) is 0 Å². The third-order valence-electron chi connectivity index (χ3n) is 2.79. The third-order valence-corrected chi connectivity index (χ3v) is 2.79. The number of hydrogen-bond donors (Lipinski definition) is 1. The topological polar surface area (TPSA) is 73.6 Å². The van der Waals surface area contributed by atoms with Gasteiger partial charge in [-0.05, 0) is 12.1 Å². The van der Waals surface area contributed by atoms with Crippen molar-refractivity contribution in [3.8, 4) is 11.5 Å². The number of carboxylic acids is 1. The number of fused-ring (bicyclic) bond motifs is 1. The van der Waals surface area contributed by atoms with Gasteiger partial charge in [0.15, 0.2) is 0 Å². The number of rotatable bonds is 4. The maximum Gasteiger partial charge on any atom is 0.311 e. The summed E-state index contributed by atoms with van der Waals surface area (Å²) in [6, 6.07) is 3.52. The van der Waals surface area contributed by atoms with E-state index >= 15 is 0 Å². The van der Waals surface area contributed by atoms with Crippen LogP contribution in [0.5, 0.6) is 11.5 Å². The van der Waals surface area contributed by atoms with E-state index in [1.54, 1.807) is 38.0 Å². The van der Waals surface area contributed by atoms with Gasteiger partial charge < -0.3 is 19.1 Å². The minimum atomic E-state index is -0.925. The van der Waals surface area contributed by atoms with Gasteiger partial charge in [0.25, 0.3) is 0 Å². The largest absolute Gasteiger partial charge is 0.494 e. The van der Waals surface area contributed by atoms with Gasteiger partial charge in [-0.3, -0.25) is 4.79 Å². The summed E-state index contributed by atoms with van der Waals surface area (Å²) in [7, 11) is 4.87. The molecule has 0 amide bonds. The molecule has 0 aliphatic rings. The van der Waals surface area contributed by atoms with Crippen LogP contribution in [0.1, 0.15) is 5.82 Å². The molecule has 96 valence electrons. The average Bonchev–Trinajstić information content (AvgIpc) is 2.65. The van der Waals surface area contributed by atoms with Crippen LogP contribution in [0.25, 0.3) is 11.0 Å². The van der Waals surface area contributed by atoms with Gasteiger partial charge in [0.1, 0.15) is 34.8 Å². The van der Waals surface area contributed by atoms with Crippen LogP contribution in [0, 0.1) is 0 Å². The van der Waals surface area contributed by atoms with Crippen LogP contribution in [0.3, 0.4) is 0 Å². The van der Waals surface area contributed by atoms with Crippen LogP contribution in [0.2, 0.25) is 0 Å². The lowest BCUT2D eigenvalue weighted by Gasteiger charge is -2.06. The molecule has 1 aromatic heterocycles. The average molecular weight is 251 g/mol. The van der Waals surface area contributed by atoms with Crippen LogP contribution in [0.15, 0.2) is 12.1 Å². The lowest BCUT2D eigenvalue weighted by molar-refractivity contribution is -0.136. The SMILES string of the molecule is COc1ccc(OC)c2c1nc(C[13C](=O)O)n2C. The van der Waals surface area contributed by atoms with Gasteiger partial charge in [-0.2, -0.15) is 0 Å². The second kappa shape index (κ2) is 4.56. The zero-order valence-electron chi connectivity index (χ0n) is 10.4. The minimum Gasteiger partial charge on any atom is -0.494 e. The Morgan fingerprint density at radius 3 is 2.50 bits per heavy atom. The number of aliphatic carboxylic acids is 1. The van der Waals surface area contributed by atoms with Gasteiger partial charge in [0.2, 0.25) is 0 Å². The van der Waals surface area contributed by atoms with Crippen molar-refractivity contribution >= 4 is 17.0 Å². The van der Waals surface area contributed by atoms with Gasteiger partial charge in [-0.15, -0.1) is 0 Å². The van der Waals surface area contributed by atoms with Crippen LogP contribution in [-0.2, 0) is 18.3 Å². The fourth-order valence-electron chi connectivity index (χ4n) is 1.93. The maximum absolute atomic E-state index is 10.8. The predicted octanol–water partition coefficient (Wildman–Crippen LogP) is 1.22. The first-order valence-corrected chi connectivity index (χ1v) is 5.36. The lowest BCUT2D eigenvalue weighted by Crippen LogP contribution is -2.06.